The topological polar surface area (TPSA) is 78.2 Å². The number of rotatable bonds is 6. The summed E-state index contributed by atoms with van der Waals surface area (Å²) in [5, 5.41) is 21.5. The van der Waals surface area contributed by atoms with Gasteiger partial charge in [0.05, 0.1) is 18.3 Å². The normalized spacial score (nSPS) is 11.9. The number of methoxy groups -OCH3 is 1. The van der Waals surface area contributed by atoms with Gasteiger partial charge in [0, 0.05) is 19.9 Å². The maximum absolute atomic E-state index is 9.43. The second kappa shape index (κ2) is 7.07. The van der Waals surface area contributed by atoms with Crippen molar-refractivity contribution in [2.75, 3.05) is 25.6 Å². The van der Waals surface area contributed by atoms with Crippen molar-refractivity contribution in [3.05, 3.63) is 22.8 Å². The van der Waals surface area contributed by atoms with Crippen LogP contribution in [0.2, 0.25) is 5.02 Å². The van der Waals surface area contributed by atoms with Gasteiger partial charge in [-0.05, 0) is 12.5 Å². The zero-order chi connectivity index (χ0) is 12.7. The lowest BCUT2D eigenvalue weighted by Crippen LogP contribution is -2.18. The van der Waals surface area contributed by atoms with Gasteiger partial charge in [-0.3, -0.25) is 0 Å². The quantitative estimate of drug-likeness (QED) is 0.804. The number of nitriles is 1. The van der Waals surface area contributed by atoms with E-state index in [4.69, 9.17) is 21.6 Å². The van der Waals surface area contributed by atoms with Gasteiger partial charge in [-0.2, -0.15) is 5.26 Å². The summed E-state index contributed by atoms with van der Waals surface area (Å²) in [5.41, 5.74) is 0.376. The number of nitrogens with zero attached hydrogens (tertiary/aromatic N) is 2. The Morgan fingerprint density at radius 2 is 2.47 bits per heavy atom. The molecule has 0 saturated carbocycles. The fourth-order valence-electron chi connectivity index (χ4n) is 1.29. The van der Waals surface area contributed by atoms with E-state index in [9.17, 15) is 5.11 Å². The molecule has 0 aliphatic rings. The van der Waals surface area contributed by atoms with Gasteiger partial charge in [0.15, 0.2) is 0 Å². The largest absolute Gasteiger partial charge is 0.391 e. The van der Waals surface area contributed by atoms with Crippen molar-refractivity contribution < 1.29 is 9.84 Å². The minimum atomic E-state index is -0.523. The zero-order valence-electron chi connectivity index (χ0n) is 9.48. The predicted octanol–water partition coefficient (Wildman–Crippen LogP) is 1.42. The fraction of sp³-hybridized carbons (Fsp3) is 0.455. The Kier molecular flexibility index (Phi) is 5.70. The van der Waals surface area contributed by atoms with E-state index in [1.807, 2.05) is 6.07 Å². The van der Waals surface area contributed by atoms with E-state index in [0.717, 1.165) is 0 Å². The van der Waals surface area contributed by atoms with E-state index >= 15 is 0 Å². The van der Waals surface area contributed by atoms with Crippen LogP contribution in [0.5, 0.6) is 0 Å². The number of aliphatic hydroxyl groups excluding tert-OH is 1. The molecule has 1 rings (SSSR count). The highest BCUT2D eigenvalue weighted by molar-refractivity contribution is 6.34. The fourth-order valence-corrected chi connectivity index (χ4v) is 1.51. The molecule has 17 heavy (non-hydrogen) atoms. The van der Waals surface area contributed by atoms with Gasteiger partial charge >= 0.3 is 0 Å². The molecule has 92 valence electrons. The molecule has 0 aliphatic heterocycles. The van der Waals surface area contributed by atoms with E-state index in [0.29, 0.717) is 36.0 Å². The Balaban J connectivity index is 2.50. The van der Waals surface area contributed by atoms with Crippen molar-refractivity contribution in [3.63, 3.8) is 0 Å². The first-order valence-electron chi connectivity index (χ1n) is 5.14. The highest BCUT2D eigenvalue weighted by Crippen LogP contribution is 2.22. The molecule has 1 aromatic heterocycles. The Labute approximate surface area is 105 Å². The van der Waals surface area contributed by atoms with Crippen LogP contribution in [0.4, 0.5) is 5.82 Å². The van der Waals surface area contributed by atoms with Gasteiger partial charge in [0.2, 0.25) is 0 Å². The van der Waals surface area contributed by atoms with Crippen LogP contribution in [-0.4, -0.2) is 36.5 Å². The molecule has 0 amide bonds. The summed E-state index contributed by atoms with van der Waals surface area (Å²) in [6, 6.07) is 3.52. The first-order chi connectivity index (χ1) is 8.19. The van der Waals surface area contributed by atoms with Crippen molar-refractivity contribution in [3.8, 4) is 6.07 Å². The van der Waals surface area contributed by atoms with Crippen LogP contribution >= 0.6 is 11.6 Å². The number of aliphatic hydroxyl groups is 1. The van der Waals surface area contributed by atoms with E-state index < -0.39 is 6.10 Å². The lowest BCUT2D eigenvalue weighted by Gasteiger charge is -2.11. The van der Waals surface area contributed by atoms with Crippen LogP contribution in [0, 0.1) is 11.3 Å². The summed E-state index contributed by atoms with van der Waals surface area (Å²) >= 11 is 5.95. The molecular formula is C11H14ClN3O2. The van der Waals surface area contributed by atoms with E-state index in [1.165, 1.54) is 13.3 Å². The van der Waals surface area contributed by atoms with Gasteiger partial charge in [-0.1, -0.05) is 11.6 Å². The molecule has 0 aromatic carbocycles. The van der Waals surface area contributed by atoms with Crippen LogP contribution in [0.25, 0.3) is 0 Å². The number of ether oxygens (including phenoxy) is 1. The van der Waals surface area contributed by atoms with Crippen LogP contribution < -0.4 is 5.32 Å². The SMILES string of the molecule is COCC(O)CCNc1nccc(C#N)c1Cl. The van der Waals surface area contributed by atoms with Gasteiger partial charge < -0.3 is 15.2 Å². The summed E-state index contributed by atoms with van der Waals surface area (Å²) < 4.78 is 4.80. The number of hydrogen-bond acceptors (Lipinski definition) is 5. The molecule has 0 fully saturated rings. The van der Waals surface area contributed by atoms with Crippen molar-refractivity contribution >= 4 is 17.4 Å². The van der Waals surface area contributed by atoms with E-state index in [1.54, 1.807) is 6.07 Å². The number of nitrogens with one attached hydrogen (secondary N) is 1. The maximum Gasteiger partial charge on any atom is 0.146 e. The molecule has 5 nitrogen and oxygen atoms in total. The minimum Gasteiger partial charge on any atom is -0.391 e. The summed E-state index contributed by atoms with van der Waals surface area (Å²) in [5.74, 6) is 0.454. The Hall–Kier alpha value is -1.35. The Morgan fingerprint density at radius 3 is 3.12 bits per heavy atom. The predicted molar refractivity (Wildman–Crippen MR) is 65.0 cm³/mol. The van der Waals surface area contributed by atoms with E-state index in [-0.39, 0.29) is 0 Å². The van der Waals surface area contributed by atoms with Gasteiger partial charge in [-0.15, -0.1) is 0 Å². The summed E-state index contributed by atoms with van der Waals surface area (Å²) in [7, 11) is 1.53. The first kappa shape index (κ1) is 13.7. The second-order valence-corrected chi connectivity index (χ2v) is 3.84. The van der Waals surface area contributed by atoms with Crippen molar-refractivity contribution in [1.82, 2.24) is 4.98 Å². The van der Waals surface area contributed by atoms with Gasteiger partial charge in [-0.25, -0.2) is 4.98 Å². The zero-order valence-corrected chi connectivity index (χ0v) is 10.2. The van der Waals surface area contributed by atoms with Crippen LogP contribution in [0.15, 0.2) is 12.3 Å². The highest BCUT2D eigenvalue weighted by Gasteiger charge is 2.08. The van der Waals surface area contributed by atoms with E-state index in [2.05, 4.69) is 10.3 Å². The molecule has 1 heterocycles. The molecule has 0 saturated heterocycles. The molecule has 0 aliphatic carbocycles. The van der Waals surface area contributed by atoms with Crippen LogP contribution in [0.1, 0.15) is 12.0 Å². The summed E-state index contributed by atoms with van der Waals surface area (Å²) in [6.07, 6.45) is 1.51. The Morgan fingerprint density at radius 1 is 1.71 bits per heavy atom. The van der Waals surface area contributed by atoms with Crippen molar-refractivity contribution in [2.45, 2.75) is 12.5 Å². The number of halogens is 1. The van der Waals surface area contributed by atoms with Crippen molar-refractivity contribution in [1.29, 1.82) is 5.26 Å². The van der Waals surface area contributed by atoms with Crippen LogP contribution in [-0.2, 0) is 4.74 Å². The third-order valence-electron chi connectivity index (χ3n) is 2.14. The van der Waals surface area contributed by atoms with Crippen molar-refractivity contribution in [2.24, 2.45) is 0 Å². The number of hydrogen-bond donors (Lipinski definition) is 2. The molecule has 1 unspecified atom stereocenters. The standard InChI is InChI=1S/C11H14ClN3O2/c1-17-7-9(16)3-5-15-11-10(12)8(6-13)2-4-14-11/h2,4,9,16H,3,5,7H2,1H3,(H,14,15). The third kappa shape index (κ3) is 4.19. The van der Waals surface area contributed by atoms with Gasteiger partial charge in [0.25, 0.3) is 0 Å². The smallest absolute Gasteiger partial charge is 0.146 e. The molecular weight excluding hydrogens is 242 g/mol. The Bertz CT molecular complexity index is 406. The number of aromatic nitrogens is 1. The third-order valence-corrected chi connectivity index (χ3v) is 2.52. The maximum atomic E-state index is 9.43. The second-order valence-electron chi connectivity index (χ2n) is 3.46. The summed E-state index contributed by atoms with van der Waals surface area (Å²) in [6.45, 7) is 0.799. The minimum absolute atomic E-state index is 0.293. The van der Waals surface area contributed by atoms with Crippen LogP contribution in [0.3, 0.4) is 0 Å². The lowest BCUT2D eigenvalue weighted by atomic mass is 10.2. The highest BCUT2D eigenvalue weighted by atomic mass is 35.5. The molecule has 0 bridgehead atoms. The molecule has 0 spiro atoms. The molecule has 0 radical (unpaired) electrons. The lowest BCUT2D eigenvalue weighted by molar-refractivity contribution is 0.0615. The monoisotopic (exact) mass is 255 g/mol. The summed E-state index contributed by atoms with van der Waals surface area (Å²) in [4.78, 5) is 4.02. The molecule has 6 heteroatoms. The molecule has 2 N–H and O–H groups in total. The molecule has 1 aromatic rings. The molecule has 1 atom stereocenters. The number of anilines is 1. The van der Waals surface area contributed by atoms with Gasteiger partial charge in [0.1, 0.15) is 16.9 Å². The average Bonchev–Trinajstić information content (AvgIpc) is 2.32. The first-order valence-corrected chi connectivity index (χ1v) is 5.52. The number of pyridine rings is 1. The average molecular weight is 256 g/mol.